The lowest BCUT2D eigenvalue weighted by Gasteiger charge is -2.49. The minimum Gasteiger partial charge on any atom is -0.463 e. The van der Waals surface area contributed by atoms with Gasteiger partial charge in [0.25, 0.3) is 0 Å². The van der Waals surface area contributed by atoms with E-state index in [1.165, 1.54) is 48.5 Å². The van der Waals surface area contributed by atoms with E-state index in [0.717, 1.165) is 55.4 Å². The van der Waals surface area contributed by atoms with Gasteiger partial charge in [-0.15, -0.1) is 0 Å². The van der Waals surface area contributed by atoms with Crippen molar-refractivity contribution in [1.82, 2.24) is 0 Å². The molecule has 5 rings (SSSR count). The van der Waals surface area contributed by atoms with Crippen LogP contribution in [0.25, 0.3) is 10.4 Å². The summed E-state index contributed by atoms with van der Waals surface area (Å²) >= 11 is 0. The number of esters is 10. The Labute approximate surface area is 450 Å². The molecular formula is C50H59N3O26. The Morgan fingerprint density at radius 1 is 0.418 bits per heavy atom. The summed E-state index contributed by atoms with van der Waals surface area (Å²) in [5.74, 6) is -9.68. The average Bonchev–Trinajstić information content (AvgIpc) is 3.56. The first-order valence-corrected chi connectivity index (χ1v) is 24.2. The maximum atomic E-state index is 14.4. The fourth-order valence-corrected chi connectivity index (χ4v) is 8.32. The average molecular weight is 1120 g/mol. The van der Waals surface area contributed by atoms with E-state index in [-0.39, 0.29) is 17.7 Å². The Bertz CT molecular complexity index is 2530. The van der Waals surface area contributed by atoms with Crippen LogP contribution in [0.15, 0.2) is 65.8 Å². The van der Waals surface area contributed by atoms with Crippen LogP contribution < -0.4 is 0 Å². The van der Waals surface area contributed by atoms with Crippen molar-refractivity contribution < 1.29 is 124 Å². The maximum absolute atomic E-state index is 14.4. The zero-order valence-corrected chi connectivity index (χ0v) is 43.9. The number of hydrogen-bond acceptors (Lipinski definition) is 27. The van der Waals surface area contributed by atoms with Gasteiger partial charge >= 0.3 is 59.7 Å². The second kappa shape index (κ2) is 29.8. The van der Waals surface area contributed by atoms with E-state index in [9.17, 15) is 47.9 Å². The van der Waals surface area contributed by atoms with E-state index in [1.54, 1.807) is 12.1 Å². The van der Waals surface area contributed by atoms with Gasteiger partial charge in [0, 0.05) is 66.8 Å². The van der Waals surface area contributed by atoms with E-state index >= 15 is 0 Å². The second-order valence-electron chi connectivity index (χ2n) is 17.4. The van der Waals surface area contributed by atoms with Crippen LogP contribution in [0.2, 0.25) is 0 Å². The molecule has 79 heavy (non-hydrogen) atoms. The van der Waals surface area contributed by atoms with Crippen molar-refractivity contribution in [2.45, 2.75) is 148 Å². The molecule has 0 radical (unpaired) electrons. The van der Waals surface area contributed by atoms with Crippen molar-refractivity contribution >= 4 is 59.7 Å². The number of ether oxygens (including phenoxy) is 16. The first-order valence-electron chi connectivity index (χ1n) is 24.2. The third-order valence-corrected chi connectivity index (χ3v) is 11.2. The zero-order chi connectivity index (χ0) is 57.9. The number of benzene rings is 2. The van der Waals surface area contributed by atoms with Crippen LogP contribution >= 0.6 is 0 Å². The molecule has 0 aliphatic carbocycles. The number of carbonyl (C=O) groups is 10. The van der Waals surface area contributed by atoms with Crippen LogP contribution in [0.4, 0.5) is 0 Å². The van der Waals surface area contributed by atoms with Crippen molar-refractivity contribution in [2.24, 2.45) is 5.11 Å². The number of hydrogen-bond donors (Lipinski definition) is 0. The topological polar surface area (TPSA) is 367 Å². The molecule has 29 nitrogen and oxygen atoms in total. The van der Waals surface area contributed by atoms with Crippen LogP contribution in [0, 0.1) is 0 Å². The van der Waals surface area contributed by atoms with Crippen LogP contribution in [-0.4, -0.2) is 185 Å². The fourth-order valence-electron chi connectivity index (χ4n) is 8.32. The highest BCUT2D eigenvalue weighted by molar-refractivity contribution is 5.90. The summed E-state index contributed by atoms with van der Waals surface area (Å²) in [4.78, 5) is 132. The predicted molar refractivity (Wildman–Crippen MR) is 255 cm³/mol. The standard InChI is InChI=1S/C50H59N3O26/c1-24(54)65-21-34-37(68-26(3)56)40(70-28(5)58)43(72-30(7)60)49(75-34)67-23-36-39(77-46(62)32-15-11-9-12-16-32)42(44(48(74-36)64-20-19-52-53-51)78-47(63)33-17-13-10-14-18-33)79-50-45(73-31(8)61)41(71-29(6)59)38(69-27(4)57)35(76-50)22-66-25(2)55/h9-18,34-45,48-50H,19-23H2,1-8H3/t34-,35-,36-,37-,38-,39-,40+,41+,42+,43+,44+,45+,48+,49+,50-/m1/s1. The molecule has 15 atom stereocenters. The van der Waals surface area contributed by atoms with Crippen molar-refractivity contribution in [1.29, 1.82) is 0 Å². The summed E-state index contributed by atoms with van der Waals surface area (Å²) in [6.07, 6.45) is -27.2. The highest BCUT2D eigenvalue weighted by atomic mass is 16.8. The molecule has 0 aromatic heterocycles. The summed E-state index contributed by atoms with van der Waals surface area (Å²) in [5, 5.41) is 3.49. The van der Waals surface area contributed by atoms with Gasteiger partial charge in [-0.25, -0.2) is 9.59 Å². The van der Waals surface area contributed by atoms with Gasteiger partial charge in [-0.2, -0.15) is 0 Å². The molecule has 0 saturated carbocycles. The SMILES string of the molecule is CC(=O)OC[C@H]1O[C@H](OC[C@H]2O[C@H](OCCN=[N+]=[N-])[C@@H](OC(=O)c3ccccc3)[C@@H](O[C@H]3O[C@H](COC(C)=O)[C@@H](OC(C)=O)[C@H](OC(C)=O)[C@@H]3OC(C)=O)[C@@H]2OC(=O)c2ccccc2)[C@@H](OC(C)=O)[C@@H](OC(C)=O)[C@@H]1OC(C)=O. The van der Waals surface area contributed by atoms with Gasteiger partial charge in [0.15, 0.2) is 67.7 Å². The van der Waals surface area contributed by atoms with E-state index in [0.29, 0.717) is 0 Å². The van der Waals surface area contributed by atoms with Gasteiger partial charge in [0.2, 0.25) is 0 Å². The summed E-state index contributed by atoms with van der Waals surface area (Å²) < 4.78 is 94.2. The molecular weight excluding hydrogens is 1060 g/mol. The lowest BCUT2D eigenvalue weighted by molar-refractivity contribution is -0.365. The highest BCUT2D eigenvalue weighted by Gasteiger charge is 2.59. The molecule has 0 unspecified atom stereocenters. The van der Waals surface area contributed by atoms with Gasteiger partial charge in [0.05, 0.1) is 24.3 Å². The van der Waals surface area contributed by atoms with E-state index in [2.05, 4.69) is 10.0 Å². The minimum atomic E-state index is -2.08. The molecule has 3 aliphatic heterocycles. The molecule has 0 bridgehead atoms. The van der Waals surface area contributed by atoms with Gasteiger partial charge < -0.3 is 75.8 Å². The lowest BCUT2D eigenvalue weighted by atomic mass is 9.95. The normalized spacial score (nSPS) is 28.1. The predicted octanol–water partition coefficient (Wildman–Crippen LogP) is 2.06. The summed E-state index contributed by atoms with van der Waals surface area (Å²) in [7, 11) is 0. The second-order valence-corrected chi connectivity index (χ2v) is 17.4. The minimum absolute atomic E-state index is 0.0478. The molecule has 0 spiro atoms. The van der Waals surface area contributed by atoms with Crippen LogP contribution in [0.5, 0.6) is 0 Å². The molecule has 0 amide bonds. The largest absolute Gasteiger partial charge is 0.463 e. The van der Waals surface area contributed by atoms with Crippen LogP contribution in [-0.2, 0) is 114 Å². The van der Waals surface area contributed by atoms with Gasteiger partial charge in [0.1, 0.15) is 37.6 Å². The first kappa shape index (κ1) is 62.1. The van der Waals surface area contributed by atoms with Crippen molar-refractivity contribution in [3.63, 3.8) is 0 Å². The third kappa shape index (κ3) is 18.4. The lowest BCUT2D eigenvalue weighted by Crippen LogP contribution is -2.68. The Balaban J connectivity index is 1.74. The zero-order valence-electron chi connectivity index (χ0n) is 43.9. The molecule has 29 heteroatoms. The fraction of sp³-hybridized carbons (Fsp3) is 0.560. The summed E-state index contributed by atoms with van der Waals surface area (Å²) in [6.45, 7) is 4.98. The van der Waals surface area contributed by atoms with E-state index in [1.807, 2.05) is 0 Å². The van der Waals surface area contributed by atoms with Crippen molar-refractivity contribution in [2.75, 3.05) is 33.0 Å². The molecule has 3 heterocycles. The Morgan fingerprint density at radius 2 is 0.759 bits per heavy atom. The third-order valence-electron chi connectivity index (χ3n) is 11.2. The van der Waals surface area contributed by atoms with Crippen LogP contribution in [0.1, 0.15) is 76.1 Å². The molecule has 3 fully saturated rings. The maximum Gasteiger partial charge on any atom is 0.338 e. The first-order chi connectivity index (χ1) is 37.6. The molecule has 0 N–H and O–H groups in total. The monoisotopic (exact) mass is 1120 g/mol. The number of rotatable bonds is 23. The van der Waals surface area contributed by atoms with Gasteiger partial charge in [-0.1, -0.05) is 41.5 Å². The molecule has 3 aliphatic rings. The van der Waals surface area contributed by atoms with Crippen molar-refractivity contribution in [3.8, 4) is 0 Å². The summed E-state index contributed by atoms with van der Waals surface area (Å²) in [6, 6.07) is 14.7. The van der Waals surface area contributed by atoms with Crippen LogP contribution in [0.3, 0.4) is 0 Å². The van der Waals surface area contributed by atoms with Gasteiger partial charge in [-0.3, -0.25) is 38.4 Å². The quantitative estimate of drug-likeness (QED) is 0.0384. The van der Waals surface area contributed by atoms with Crippen molar-refractivity contribution in [3.05, 3.63) is 82.2 Å². The number of carbonyl (C=O) groups excluding carboxylic acids is 10. The molecule has 3 saturated heterocycles. The Kier molecular flexibility index (Phi) is 23.4. The Morgan fingerprint density at radius 3 is 1.18 bits per heavy atom. The van der Waals surface area contributed by atoms with E-state index < -0.39 is 178 Å². The summed E-state index contributed by atoms with van der Waals surface area (Å²) in [5.41, 5.74) is 9.02. The number of nitrogens with zero attached hydrogens (tertiary/aromatic N) is 3. The highest BCUT2D eigenvalue weighted by Crippen LogP contribution is 2.38. The molecule has 430 valence electrons. The van der Waals surface area contributed by atoms with E-state index in [4.69, 9.17) is 81.3 Å². The van der Waals surface area contributed by atoms with Gasteiger partial charge in [-0.05, 0) is 29.8 Å². The molecule has 2 aromatic carbocycles. The number of azide groups is 1. The Hall–Kier alpha value is -7.79. The molecule has 2 aromatic rings. The smallest absolute Gasteiger partial charge is 0.338 e.